The molecular weight excluding hydrogens is 344 g/mol. The lowest BCUT2D eigenvalue weighted by atomic mass is 9.87. The first kappa shape index (κ1) is 20.2. The smallest absolute Gasteiger partial charge is 0.335 e. The van der Waals surface area contributed by atoms with Crippen LogP contribution in [0.1, 0.15) is 52.6 Å². The highest BCUT2D eigenvalue weighted by Crippen LogP contribution is 2.22. The second-order valence-electron chi connectivity index (χ2n) is 7.39. The van der Waals surface area contributed by atoms with Crippen molar-refractivity contribution in [1.29, 1.82) is 0 Å². The maximum absolute atomic E-state index is 12.2. The number of amides is 2. The Bertz CT molecular complexity index is 865. The van der Waals surface area contributed by atoms with E-state index in [-0.39, 0.29) is 23.4 Å². The molecule has 2 aromatic carbocycles. The van der Waals surface area contributed by atoms with Crippen molar-refractivity contribution in [3.63, 3.8) is 0 Å². The summed E-state index contributed by atoms with van der Waals surface area (Å²) in [4.78, 5) is 35.3. The molecule has 0 unspecified atom stereocenters. The van der Waals surface area contributed by atoms with E-state index in [1.807, 2.05) is 12.1 Å². The molecule has 0 fully saturated rings. The Morgan fingerprint density at radius 1 is 0.963 bits per heavy atom. The third-order valence-electron chi connectivity index (χ3n) is 4.18. The van der Waals surface area contributed by atoms with Crippen LogP contribution in [0.3, 0.4) is 0 Å². The predicted molar refractivity (Wildman–Crippen MR) is 104 cm³/mol. The number of aromatic carboxylic acids is 1. The summed E-state index contributed by atoms with van der Waals surface area (Å²) in [6.07, 6.45) is 0. The second kappa shape index (κ2) is 8.03. The van der Waals surface area contributed by atoms with Crippen LogP contribution in [0.15, 0.2) is 42.5 Å². The Balaban J connectivity index is 1.96. The number of rotatable bonds is 5. The molecule has 27 heavy (non-hydrogen) atoms. The van der Waals surface area contributed by atoms with Gasteiger partial charge in [-0.2, -0.15) is 0 Å². The zero-order chi connectivity index (χ0) is 20.2. The summed E-state index contributed by atoms with van der Waals surface area (Å²) in [5, 5.41) is 14.2. The Hall–Kier alpha value is -3.15. The van der Waals surface area contributed by atoms with E-state index in [1.165, 1.54) is 12.1 Å². The van der Waals surface area contributed by atoms with E-state index < -0.39 is 11.9 Å². The average molecular weight is 368 g/mol. The Kier molecular flexibility index (Phi) is 6.00. The molecule has 6 nitrogen and oxygen atoms in total. The lowest BCUT2D eigenvalue weighted by Gasteiger charge is -2.19. The van der Waals surface area contributed by atoms with Gasteiger partial charge in [0.25, 0.3) is 5.91 Å². The van der Waals surface area contributed by atoms with E-state index in [4.69, 9.17) is 5.11 Å². The third kappa shape index (κ3) is 5.41. The van der Waals surface area contributed by atoms with Gasteiger partial charge >= 0.3 is 5.97 Å². The molecule has 0 atom stereocenters. The molecule has 2 rings (SSSR count). The first-order valence-corrected chi connectivity index (χ1v) is 8.60. The normalized spacial score (nSPS) is 11.0. The van der Waals surface area contributed by atoms with Crippen LogP contribution in [-0.2, 0) is 10.2 Å². The molecule has 142 valence electrons. The summed E-state index contributed by atoms with van der Waals surface area (Å²) < 4.78 is 0. The minimum atomic E-state index is -1.07. The van der Waals surface area contributed by atoms with Crippen LogP contribution in [0.25, 0.3) is 0 Å². The Morgan fingerprint density at radius 2 is 1.56 bits per heavy atom. The Morgan fingerprint density at radius 3 is 2.11 bits per heavy atom. The molecule has 2 amide bonds. The van der Waals surface area contributed by atoms with Crippen LogP contribution in [0, 0.1) is 6.92 Å². The van der Waals surface area contributed by atoms with Gasteiger partial charge in [0.05, 0.1) is 12.1 Å². The maximum atomic E-state index is 12.2. The number of anilines is 1. The van der Waals surface area contributed by atoms with Crippen molar-refractivity contribution in [1.82, 2.24) is 5.32 Å². The maximum Gasteiger partial charge on any atom is 0.335 e. The van der Waals surface area contributed by atoms with Crippen molar-refractivity contribution in [2.24, 2.45) is 0 Å². The van der Waals surface area contributed by atoms with E-state index >= 15 is 0 Å². The molecule has 3 N–H and O–H groups in total. The molecule has 0 saturated heterocycles. The van der Waals surface area contributed by atoms with Crippen molar-refractivity contribution in [2.75, 3.05) is 11.9 Å². The number of carboxylic acid groups (broad SMARTS) is 1. The number of hydrogen-bond donors (Lipinski definition) is 3. The number of aryl methyl sites for hydroxylation is 1. The van der Waals surface area contributed by atoms with Crippen molar-refractivity contribution in [2.45, 2.75) is 33.1 Å². The number of benzene rings is 2. The topological polar surface area (TPSA) is 95.5 Å². The van der Waals surface area contributed by atoms with E-state index in [9.17, 15) is 14.4 Å². The third-order valence-corrected chi connectivity index (χ3v) is 4.18. The Labute approximate surface area is 158 Å². The standard InChI is InChI=1S/C21H24N2O4/c1-13-5-6-15(20(26)27)11-17(13)23-18(24)12-22-19(25)14-7-9-16(10-8-14)21(2,3)4/h5-11H,12H2,1-4H3,(H,22,25)(H,23,24)(H,26,27). The van der Waals surface area contributed by atoms with Crippen molar-refractivity contribution in [3.8, 4) is 0 Å². The monoisotopic (exact) mass is 368 g/mol. The molecular formula is C21H24N2O4. The highest BCUT2D eigenvalue weighted by molar-refractivity contribution is 6.00. The number of nitrogens with one attached hydrogen (secondary N) is 2. The molecule has 0 aromatic heterocycles. The fourth-order valence-electron chi connectivity index (χ4n) is 2.47. The summed E-state index contributed by atoms with van der Waals surface area (Å²) in [6, 6.07) is 11.7. The first-order valence-electron chi connectivity index (χ1n) is 8.60. The van der Waals surface area contributed by atoms with Gasteiger partial charge in [0, 0.05) is 11.3 Å². The number of hydrogen-bond acceptors (Lipinski definition) is 3. The molecule has 0 aliphatic carbocycles. The van der Waals surface area contributed by atoms with E-state index in [2.05, 4.69) is 31.4 Å². The molecule has 0 heterocycles. The van der Waals surface area contributed by atoms with E-state index in [1.54, 1.807) is 25.1 Å². The molecule has 0 saturated carbocycles. The van der Waals surface area contributed by atoms with Gasteiger partial charge < -0.3 is 15.7 Å². The lowest BCUT2D eigenvalue weighted by Crippen LogP contribution is -2.33. The van der Waals surface area contributed by atoms with Crippen molar-refractivity contribution < 1.29 is 19.5 Å². The molecule has 0 spiro atoms. The summed E-state index contributed by atoms with van der Waals surface area (Å²) in [7, 11) is 0. The SMILES string of the molecule is Cc1ccc(C(=O)O)cc1NC(=O)CNC(=O)c1ccc(C(C)(C)C)cc1. The van der Waals surface area contributed by atoms with Crippen molar-refractivity contribution >= 4 is 23.5 Å². The molecule has 0 aliphatic heterocycles. The number of carboxylic acids is 1. The van der Waals surface area contributed by atoms with Crippen LogP contribution in [0.2, 0.25) is 0 Å². The molecule has 2 aromatic rings. The van der Waals surface area contributed by atoms with Crippen LogP contribution < -0.4 is 10.6 Å². The van der Waals surface area contributed by atoms with Gasteiger partial charge in [0.2, 0.25) is 5.91 Å². The zero-order valence-electron chi connectivity index (χ0n) is 15.9. The summed E-state index contributed by atoms with van der Waals surface area (Å²) in [5.74, 6) is -1.85. The fraction of sp³-hybridized carbons (Fsp3) is 0.286. The summed E-state index contributed by atoms with van der Waals surface area (Å²) in [5.41, 5.74) is 2.81. The molecule has 6 heteroatoms. The summed E-state index contributed by atoms with van der Waals surface area (Å²) >= 11 is 0. The molecule has 0 aliphatic rings. The highest BCUT2D eigenvalue weighted by Gasteiger charge is 2.15. The molecule has 0 radical (unpaired) electrons. The fourth-order valence-corrected chi connectivity index (χ4v) is 2.47. The van der Waals surface area contributed by atoms with Crippen LogP contribution >= 0.6 is 0 Å². The minimum Gasteiger partial charge on any atom is -0.478 e. The average Bonchev–Trinajstić information content (AvgIpc) is 2.60. The second-order valence-corrected chi connectivity index (χ2v) is 7.39. The van der Waals surface area contributed by atoms with Gasteiger partial charge in [-0.15, -0.1) is 0 Å². The number of carbonyl (C=O) groups is 3. The van der Waals surface area contributed by atoms with Crippen LogP contribution in [-0.4, -0.2) is 29.4 Å². The van der Waals surface area contributed by atoms with Gasteiger partial charge in [-0.25, -0.2) is 4.79 Å². The van der Waals surface area contributed by atoms with Gasteiger partial charge in [-0.3, -0.25) is 9.59 Å². The first-order chi connectivity index (χ1) is 12.6. The van der Waals surface area contributed by atoms with Crippen LogP contribution in [0.5, 0.6) is 0 Å². The largest absolute Gasteiger partial charge is 0.478 e. The van der Waals surface area contributed by atoms with Gasteiger partial charge in [0.1, 0.15) is 0 Å². The zero-order valence-corrected chi connectivity index (χ0v) is 15.9. The predicted octanol–water partition coefficient (Wildman–Crippen LogP) is 3.36. The van der Waals surface area contributed by atoms with Crippen molar-refractivity contribution in [3.05, 3.63) is 64.7 Å². The minimum absolute atomic E-state index is 0.00274. The highest BCUT2D eigenvalue weighted by atomic mass is 16.4. The lowest BCUT2D eigenvalue weighted by molar-refractivity contribution is -0.115. The van der Waals surface area contributed by atoms with Crippen LogP contribution in [0.4, 0.5) is 5.69 Å². The number of carbonyl (C=O) groups excluding carboxylic acids is 2. The van der Waals surface area contributed by atoms with Gasteiger partial charge in [-0.05, 0) is 47.7 Å². The summed E-state index contributed by atoms with van der Waals surface area (Å²) in [6.45, 7) is 7.82. The quantitative estimate of drug-likeness (QED) is 0.754. The van der Waals surface area contributed by atoms with E-state index in [0.717, 1.165) is 11.1 Å². The van der Waals surface area contributed by atoms with Gasteiger partial charge in [-0.1, -0.05) is 39.0 Å². The van der Waals surface area contributed by atoms with Gasteiger partial charge in [0.15, 0.2) is 0 Å². The van der Waals surface area contributed by atoms with E-state index in [0.29, 0.717) is 11.3 Å². The molecule has 0 bridgehead atoms.